The highest BCUT2D eigenvalue weighted by Gasteiger charge is 2.24. The van der Waals surface area contributed by atoms with Crippen molar-refractivity contribution >= 4 is 17.7 Å². The highest BCUT2D eigenvalue weighted by Crippen LogP contribution is 2.18. The van der Waals surface area contributed by atoms with Gasteiger partial charge in [0.2, 0.25) is 0 Å². The number of piperazine rings is 1. The van der Waals surface area contributed by atoms with Crippen LogP contribution in [0.25, 0.3) is 0 Å². The summed E-state index contributed by atoms with van der Waals surface area (Å²) >= 11 is 0. The molecule has 1 fully saturated rings. The van der Waals surface area contributed by atoms with Gasteiger partial charge in [-0.1, -0.05) is 0 Å². The number of ether oxygens (including phenoxy) is 1. The van der Waals surface area contributed by atoms with Gasteiger partial charge in [0, 0.05) is 50.0 Å². The average molecular weight is 419 g/mol. The van der Waals surface area contributed by atoms with Crippen LogP contribution in [0.5, 0.6) is 0 Å². The molecule has 0 saturated carbocycles. The Morgan fingerprint density at radius 1 is 1.00 bits per heavy atom. The van der Waals surface area contributed by atoms with Crippen LogP contribution in [0.4, 0.5) is 10.5 Å². The van der Waals surface area contributed by atoms with Gasteiger partial charge in [-0.05, 0) is 72.7 Å². The van der Waals surface area contributed by atoms with Crippen molar-refractivity contribution in [2.45, 2.75) is 65.6 Å². The first-order valence-corrected chi connectivity index (χ1v) is 10.7. The molecule has 0 atom stereocenters. The maximum Gasteiger partial charge on any atom is 0.407 e. The molecule has 1 heterocycles. The number of nitrogens with zero attached hydrogens (tertiary/aromatic N) is 2. The van der Waals surface area contributed by atoms with Gasteiger partial charge in [0.05, 0.1) is 5.54 Å². The van der Waals surface area contributed by atoms with E-state index in [0.29, 0.717) is 11.6 Å². The zero-order chi connectivity index (χ0) is 22.5. The molecule has 2 amide bonds. The Kier molecular flexibility index (Phi) is 7.75. The quantitative estimate of drug-likeness (QED) is 0.742. The zero-order valence-electron chi connectivity index (χ0n) is 19.5. The summed E-state index contributed by atoms with van der Waals surface area (Å²) in [6.45, 7) is 18.0. The standard InChI is InChI=1S/C23H38N4O3/c1-17(2)26-12-14-27(15-13-26)19-10-8-18(9-11-19)20(28)25-23(6,7)16-24-21(29)30-22(3,4)5/h8-11,17H,12-16H2,1-7H3,(H,24,29)(H,25,28). The Balaban J connectivity index is 1.87. The first-order valence-electron chi connectivity index (χ1n) is 10.7. The largest absolute Gasteiger partial charge is 0.444 e. The van der Waals surface area contributed by atoms with Gasteiger partial charge in [0.15, 0.2) is 0 Å². The third-order valence-corrected chi connectivity index (χ3v) is 5.06. The minimum absolute atomic E-state index is 0.165. The smallest absolute Gasteiger partial charge is 0.407 e. The van der Waals surface area contributed by atoms with E-state index in [-0.39, 0.29) is 12.5 Å². The molecule has 2 N–H and O–H groups in total. The van der Waals surface area contributed by atoms with Gasteiger partial charge in [-0.3, -0.25) is 9.69 Å². The molecule has 1 aliphatic heterocycles. The summed E-state index contributed by atoms with van der Waals surface area (Å²) in [5.41, 5.74) is 0.575. The second kappa shape index (κ2) is 9.69. The van der Waals surface area contributed by atoms with Crippen LogP contribution in [-0.2, 0) is 4.74 Å². The van der Waals surface area contributed by atoms with Gasteiger partial charge in [-0.2, -0.15) is 0 Å². The van der Waals surface area contributed by atoms with Gasteiger partial charge < -0.3 is 20.3 Å². The van der Waals surface area contributed by atoms with E-state index in [1.54, 1.807) is 0 Å². The summed E-state index contributed by atoms with van der Waals surface area (Å²) in [5, 5.41) is 5.69. The highest BCUT2D eigenvalue weighted by molar-refractivity contribution is 5.95. The molecule has 1 aliphatic rings. The predicted molar refractivity (Wildman–Crippen MR) is 121 cm³/mol. The molecule has 7 nitrogen and oxygen atoms in total. The molecule has 1 aromatic rings. The molecule has 2 rings (SSSR count). The van der Waals surface area contributed by atoms with E-state index in [2.05, 4.69) is 34.3 Å². The lowest BCUT2D eigenvalue weighted by atomic mass is 10.0. The third-order valence-electron chi connectivity index (χ3n) is 5.06. The number of benzene rings is 1. The van der Waals surface area contributed by atoms with Crippen molar-refractivity contribution < 1.29 is 14.3 Å². The van der Waals surface area contributed by atoms with Crippen LogP contribution in [0.3, 0.4) is 0 Å². The summed E-state index contributed by atoms with van der Waals surface area (Å²) in [7, 11) is 0. The summed E-state index contributed by atoms with van der Waals surface area (Å²) in [4.78, 5) is 29.4. The van der Waals surface area contributed by atoms with E-state index in [1.165, 1.54) is 0 Å². The molecule has 7 heteroatoms. The zero-order valence-corrected chi connectivity index (χ0v) is 19.5. The van der Waals surface area contributed by atoms with E-state index >= 15 is 0 Å². The minimum atomic E-state index is -0.611. The number of hydrogen-bond donors (Lipinski definition) is 2. The Labute approximate surface area is 181 Å². The maximum atomic E-state index is 12.7. The average Bonchev–Trinajstić information content (AvgIpc) is 2.65. The molecule has 0 aromatic heterocycles. The van der Waals surface area contributed by atoms with Crippen molar-refractivity contribution in [3.05, 3.63) is 29.8 Å². The van der Waals surface area contributed by atoms with Gasteiger partial charge >= 0.3 is 6.09 Å². The Morgan fingerprint density at radius 2 is 1.57 bits per heavy atom. The molecular weight excluding hydrogens is 380 g/mol. The van der Waals surface area contributed by atoms with Crippen molar-refractivity contribution in [3.63, 3.8) is 0 Å². The lowest BCUT2D eigenvalue weighted by Crippen LogP contribution is -2.52. The fourth-order valence-corrected chi connectivity index (χ4v) is 3.35. The maximum absolute atomic E-state index is 12.7. The SMILES string of the molecule is CC(C)N1CCN(c2ccc(C(=O)NC(C)(C)CNC(=O)OC(C)(C)C)cc2)CC1. The first kappa shape index (κ1) is 24.0. The summed E-state index contributed by atoms with van der Waals surface area (Å²) in [6, 6.07) is 8.30. The molecule has 1 saturated heterocycles. The molecule has 0 radical (unpaired) electrons. The molecule has 0 unspecified atom stereocenters. The second-order valence-electron chi connectivity index (χ2n) is 9.86. The number of rotatable bonds is 6. The molecule has 30 heavy (non-hydrogen) atoms. The number of alkyl carbamates (subject to hydrolysis) is 1. The van der Waals surface area contributed by atoms with Crippen LogP contribution >= 0.6 is 0 Å². The van der Waals surface area contributed by atoms with E-state index in [1.807, 2.05) is 58.9 Å². The lowest BCUT2D eigenvalue weighted by molar-refractivity contribution is 0.0509. The topological polar surface area (TPSA) is 73.9 Å². The molecular formula is C23H38N4O3. The normalized spacial score (nSPS) is 15.8. The van der Waals surface area contributed by atoms with Crippen molar-refractivity contribution in [2.24, 2.45) is 0 Å². The van der Waals surface area contributed by atoms with Gasteiger partial charge in [0.25, 0.3) is 5.91 Å². The van der Waals surface area contributed by atoms with E-state index in [4.69, 9.17) is 4.74 Å². The van der Waals surface area contributed by atoms with Gasteiger partial charge in [-0.15, -0.1) is 0 Å². The first-order chi connectivity index (χ1) is 13.9. The fraction of sp³-hybridized carbons (Fsp3) is 0.652. The fourth-order valence-electron chi connectivity index (χ4n) is 3.35. The summed E-state index contributed by atoms with van der Waals surface area (Å²) < 4.78 is 5.24. The number of hydrogen-bond acceptors (Lipinski definition) is 5. The van der Waals surface area contributed by atoms with E-state index in [9.17, 15) is 9.59 Å². The van der Waals surface area contributed by atoms with Crippen molar-refractivity contribution in [1.29, 1.82) is 0 Å². The molecule has 0 spiro atoms. The Hall–Kier alpha value is -2.28. The number of anilines is 1. The van der Waals surface area contributed by atoms with Crippen LogP contribution in [0.2, 0.25) is 0 Å². The van der Waals surface area contributed by atoms with Crippen molar-refractivity contribution in [3.8, 4) is 0 Å². The van der Waals surface area contributed by atoms with Crippen LogP contribution in [-0.4, -0.2) is 66.8 Å². The Morgan fingerprint density at radius 3 is 2.07 bits per heavy atom. The van der Waals surface area contributed by atoms with Crippen molar-refractivity contribution in [1.82, 2.24) is 15.5 Å². The molecule has 0 bridgehead atoms. The highest BCUT2D eigenvalue weighted by atomic mass is 16.6. The number of carbonyl (C=O) groups is 2. The van der Waals surface area contributed by atoms with E-state index in [0.717, 1.165) is 31.9 Å². The van der Waals surface area contributed by atoms with Crippen LogP contribution in [0.15, 0.2) is 24.3 Å². The monoisotopic (exact) mass is 418 g/mol. The molecule has 168 valence electrons. The third kappa shape index (κ3) is 7.52. The van der Waals surface area contributed by atoms with Crippen molar-refractivity contribution in [2.75, 3.05) is 37.6 Å². The number of carbonyl (C=O) groups excluding carboxylic acids is 2. The van der Waals surface area contributed by atoms with Crippen LogP contribution in [0, 0.1) is 0 Å². The summed E-state index contributed by atoms with van der Waals surface area (Å²) in [5.74, 6) is -0.165. The minimum Gasteiger partial charge on any atom is -0.444 e. The Bertz CT molecular complexity index is 715. The van der Waals surface area contributed by atoms with E-state index < -0.39 is 17.2 Å². The molecule has 0 aliphatic carbocycles. The van der Waals surface area contributed by atoms with Crippen LogP contribution < -0.4 is 15.5 Å². The van der Waals surface area contributed by atoms with Gasteiger partial charge in [0.1, 0.15) is 5.60 Å². The predicted octanol–water partition coefficient (Wildman–Crippen LogP) is 3.25. The molecule has 1 aromatic carbocycles. The van der Waals surface area contributed by atoms with Gasteiger partial charge in [-0.25, -0.2) is 4.79 Å². The number of nitrogens with one attached hydrogen (secondary N) is 2. The second-order valence-corrected chi connectivity index (χ2v) is 9.86. The lowest BCUT2D eigenvalue weighted by Gasteiger charge is -2.38. The number of amides is 2. The van der Waals surface area contributed by atoms with Crippen LogP contribution in [0.1, 0.15) is 58.8 Å². The summed E-state index contributed by atoms with van der Waals surface area (Å²) in [6.07, 6.45) is -0.494.